The van der Waals surface area contributed by atoms with Crippen molar-refractivity contribution in [3.8, 4) is 0 Å². The Hall–Kier alpha value is -2.06. The van der Waals surface area contributed by atoms with Crippen LogP contribution in [0.25, 0.3) is 0 Å². The lowest BCUT2D eigenvalue weighted by Crippen LogP contribution is -2.36. The maximum atomic E-state index is 12.7. The predicted molar refractivity (Wildman–Crippen MR) is 84.8 cm³/mol. The van der Waals surface area contributed by atoms with Crippen LogP contribution in [0.15, 0.2) is 30.5 Å². The van der Waals surface area contributed by atoms with Crippen LogP contribution >= 0.6 is 11.6 Å². The van der Waals surface area contributed by atoms with Crippen molar-refractivity contribution in [2.24, 2.45) is 0 Å². The number of morpholine rings is 1. The van der Waals surface area contributed by atoms with Crippen molar-refractivity contribution < 1.29 is 17.9 Å². The van der Waals surface area contributed by atoms with Crippen LogP contribution in [0.1, 0.15) is 5.56 Å². The molecule has 1 aliphatic rings. The fraction of sp³-hybridized carbons (Fsp3) is 0.333. The molecule has 1 aromatic carbocycles. The fourth-order valence-corrected chi connectivity index (χ4v) is 2.58. The molecule has 1 N–H and O–H groups in total. The summed E-state index contributed by atoms with van der Waals surface area (Å²) in [5.74, 6) is 0.00660. The van der Waals surface area contributed by atoms with Gasteiger partial charge >= 0.3 is 6.18 Å². The molecule has 0 spiro atoms. The second-order valence-electron chi connectivity index (χ2n) is 5.17. The van der Waals surface area contributed by atoms with Crippen LogP contribution in [0.5, 0.6) is 0 Å². The smallest absolute Gasteiger partial charge is 0.378 e. The molecule has 0 amide bonds. The molecule has 2 heterocycles. The van der Waals surface area contributed by atoms with E-state index in [9.17, 15) is 13.2 Å². The van der Waals surface area contributed by atoms with Crippen molar-refractivity contribution in [3.63, 3.8) is 0 Å². The largest absolute Gasteiger partial charge is 0.420 e. The third kappa shape index (κ3) is 3.88. The summed E-state index contributed by atoms with van der Waals surface area (Å²) in [5.41, 5.74) is 0.591. The summed E-state index contributed by atoms with van der Waals surface area (Å²) < 4.78 is 43.3. The first-order valence-electron chi connectivity index (χ1n) is 7.23. The summed E-state index contributed by atoms with van der Waals surface area (Å²) in [6.07, 6.45) is -3.91. The number of anilines is 3. The topological polar surface area (TPSA) is 50.3 Å². The van der Waals surface area contributed by atoms with E-state index in [1.165, 1.54) is 0 Å². The molecule has 9 heteroatoms. The number of nitrogens with zero attached hydrogens (tertiary/aromatic N) is 3. The fourth-order valence-electron chi connectivity index (χ4n) is 2.34. The molecular weight excluding hydrogens is 345 g/mol. The highest BCUT2D eigenvalue weighted by Gasteiger charge is 2.34. The van der Waals surface area contributed by atoms with E-state index in [-0.39, 0.29) is 5.95 Å². The van der Waals surface area contributed by atoms with Gasteiger partial charge in [0.2, 0.25) is 5.95 Å². The summed E-state index contributed by atoms with van der Waals surface area (Å²) >= 11 is 5.60. The molecule has 0 saturated carbocycles. The molecule has 1 aromatic heterocycles. The zero-order valence-electron chi connectivity index (χ0n) is 12.5. The minimum Gasteiger partial charge on any atom is -0.378 e. The Morgan fingerprint density at radius 2 is 1.96 bits per heavy atom. The second-order valence-corrected chi connectivity index (χ2v) is 5.53. The van der Waals surface area contributed by atoms with Crippen LogP contribution in [0.2, 0.25) is 5.15 Å². The number of aromatic nitrogens is 2. The van der Waals surface area contributed by atoms with Gasteiger partial charge < -0.3 is 15.0 Å². The van der Waals surface area contributed by atoms with Gasteiger partial charge in [-0.05, 0) is 18.2 Å². The van der Waals surface area contributed by atoms with Gasteiger partial charge in [0.1, 0.15) is 10.7 Å². The Morgan fingerprint density at radius 1 is 1.21 bits per heavy atom. The van der Waals surface area contributed by atoms with Gasteiger partial charge in [-0.1, -0.05) is 17.7 Å². The van der Waals surface area contributed by atoms with Crippen LogP contribution in [0.3, 0.4) is 0 Å². The van der Waals surface area contributed by atoms with Crippen molar-refractivity contribution in [3.05, 3.63) is 41.2 Å². The molecule has 0 unspecified atom stereocenters. The number of alkyl halides is 3. The first-order valence-corrected chi connectivity index (χ1v) is 7.61. The first kappa shape index (κ1) is 16.8. The minimum atomic E-state index is -4.58. The molecule has 0 aliphatic carbocycles. The standard InChI is InChI=1S/C15H14ClF3N4O/c16-13-12(15(17,18)19)9-20-14(22-13)21-10-2-1-3-11(8-10)23-4-6-24-7-5-23/h1-3,8-9H,4-7H2,(H,20,21,22). The summed E-state index contributed by atoms with van der Waals surface area (Å²) in [7, 11) is 0. The number of hydrogen-bond acceptors (Lipinski definition) is 5. The van der Waals surface area contributed by atoms with E-state index < -0.39 is 16.9 Å². The Labute approximate surface area is 141 Å². The molecule has 1 fully saturated rings. The lowest BCUT2D eigenvalue weighted by Gasteiger charge is -2.29. The SMILES string of the molecule is FC(F)(F)c1cnc(Nc2cccc(N3CCOCC3)c2)nc1Cl. The summed E-state index contributed by atoms with van der Waals surface area (Å²) in [6, 6.07) is 7.45. The second kappa shape index (κ2) is 6.82. The summed E-state index contributed by atoms with van der Waals surface area (Å²) in [4.78, 5) is 9.51. The predicted octanol–water partition coefficient (Wildman–Crippen LogP) is 3.73. The molecule has 5 nitrogen and oxygen atoms in total. The number of rotatable bonds is 3. The third-order valence-electron chi connectivity index (χ3n) is 3.53. The van der Waals surface area contributed by atoms with E-state index in [4.69, 9.17) is 16.3 Å². The lowest BCUT2D eigenvalue weighted by atomic mass is 10.2. The first-order chi connectivity index (χ1) is 11.4. The quantitative estimate of drug-likeness (QED) is 0.847. The minimum absolute atomic E-state index is 0.00660. The number of nitrogens with one attached hydrogen (secondary N) is 1. The Morgan fingerprint density at radius 3 is 2.62 bits per heavy atom. The molecule has 0 bridgehead atoms. The van der Waals surface area contributed by atoms with Crippen LogP contribution in [0.4, 0.5) is 30.5 Å². The van der Waals surface area contributed by atoms with E-state index in [2.05, 4.69) is 20.2 Å². The van der Waals surface area contributed by atoms with Crippen molar-refractivity contribution in [1.29, 1.82) is 0 Å². The van der Waals surface area contributed by atoms with Crippen LogP contribution in [-0.2, 0) is 10.9 Å². The van der Waals surface area contributed by atoms with Crippen molar-refractivity contribution in [1.82, 2.24) is 9.97 Å². The molecule has 0 atom stereocenters. The number of hydrogen-bond donors (Lipinski definition) is 1. The molecule has 1 aliphatic heterocycles. The van der Waals surface area contributed by atoms with Gasteiger partial charge in [-0.15, -0.1) is 0 Å². The molecule has 1 saturated heterocycles. The number of ether oxygens (including phenoxy) is 1. The van der Waals surface area contributed by atoms with Gasteiger partial charge in [-0.25, -0.2) is 9.97 Å². The molecule has 2 aromatic rings. The zero-order valence-corrected chi connectivity index (χ0v) is 13.2. The normalized spacial score (nSPS) is 15.4. The average Bonchev–Trinajstić information content (AvgIpc) is 2.55. The van der Waals surface area contributed by atoms with E-state index in [0.29, 0.717) is 25.1 Å². The van der Waals surface area contributed by atoms with Gasteiger partial charge in [0, 0.05) is 30.7 Å². The molecular formula is C15H14ClF3N4O. The van der Waals surface area contributed by atoms with Gasteiger partial charge in [-0.3, -0.25) is 0 Å². The third-order valence-corrected chi connectivity index (χ3v) is 3.81. The average molecular weight is 359 g/mol. The monoisotopic (exact) mass is 358 g/mol. The van der Waals surface area contributed by atoms with Crippen LogP contribution in [-0.4, -0.2) is 36.3 Å². The van der Waals surface area contributed by atoms with Gasteiger partial charge in [0.05, 0.1) is 13.2 Å². The van der Waals surface area contributed by atoms with Crippen molar-refractivity contribution in [2.75, 3.05) is 36.5 Å². The highest BCUT2D eigenvalue weighted by Crippen LogP contribution is 2.33. The molecule has 0 radical (unpaired) electrons. The molecule has 3 rings (SSSR count). The summed E-state index contributed by atoms with van der Waals surface area (Å²) in [6.45, 7) is 2.89. The van der Waals surface area contributed by atoms with Gasteiger partial charge in [0.15, 0.2) is 0 Å². The lowest BCUT2D eigenvalue weighted by molar-refractivity contribution is -0.137. The van der Waals surface area contributed by atoms with Gasteiger partial charge in [-0.2, -0.15) is 13.2 Å². The van der Waals surface area contributed by atoms with E-state index in [1.807, 2.05) is 18.2 Å². The highest BCUT2D eigenvalue weighted by atomic mass is 35.5. The van der Waals surface area contributed by atoms with Crippen molar-refractivity contribution in [2.45, 2.75) is 6.18 Å². The molecule has 128 valence electrons. The Kier molecular flexibility index (Phi) is 4.77. The van der Waals surface area contributed by atoms with E-state index >= 15 is 0 Å². The summed E-state index contributed by atoms with van der Waals surface area (Å²) in [5, 5.41) is 2.24. The van der Waals surface area contributed by atoms with E-state index in [1.54, 1.807) is 6.07 Å². The van der Waals surface area contributed by atoms with Crippen LogP contribution < -0.4 is 10.2 Å². The number of benzene rings is 1. The van der Waals surface area contributed by atoms with E-state index in [0.717, 1.165) is 18.8 Å². The number of halogens is 4. The maximum Gasteiger partial charge on any atom is 0.420 e. The zero-order chi connectivity index (χ0) is 17.2. The highest BCUT2D eigenvalue weighted by molar-refractivity contribution is 6.30. The Bertz CT molecular complexity index is 720. The van der Waals surface area contributed by atoms with Crippen LogP contribution in [0, 0.1) is 0 Å². The maximum absolute atomic E-state index is 12.7. The molecule has 24 heavy (non-hydrogen) atoms. The van der Waals surface area contributed by atoms with Crippen molar-refractivity contribution >= 4 is 28.9 Å². The Balaban J connectivity index is 1.77. The van der Waals surface area contributed by atoms with Gasteiger partial charge in [0.25, 0.3) is 0 Å².